The van der Waals surface area contributed by atoms with Crippen molar-refractivity contribution < 1.29 is 9.53 Å². The molecule has 1 amide bonds. The molecule has 2 heterocycles. The van der Waals surface area contributed by atoms with Crippen molar-refractivity contribution in [3.8, 4) is 17.0 Å². The lowest BCUT2D eigenvalue weighted by Gasteiger charge is -2.14. The summed E-state index contributed by atoms with van der Waals surface area (Å²) in [6.07, 6.45) is 4.65. The molecule has 0 bridgehead atoms. The summed E-state index contributed by atoms with van der Waals surface area (Å²) >= 11 is 6.03. The van der Waals surface area contributed by atoms with Crippen LogP contribution in [0.3, 0.4) is 0 Å². The molecule has 0 saturated carbocycles. The molecule has 0 aliphatic heterocycles. The topological polar surface area (TPSA) is 95.1 Å². The second-order valence-electron chi connectivity index (χ2n) is 5.50. The Morgan fingerprint density at radius 2 is 2.15 bits per heavy atom. The highest BCUT2D eigenvalue weighted by atomic mass is 35.5. The maximum absolute atomic E-state index is 12.5. The van der Waals surface area contributed by atoms with Crippen molar-refractivity contribution in [1.29, 1.82) is 0 Å². The van der Waals surface area contributed by atoms with E-state index in [1.807, 2.05) is 19.2 Å². The first kappa shape index (κ1) is 17.9. The van der Waals surface area contributed by atoms with Crippen LogP contribution in [0.1, 0.15) is 10.4 Å². The molecule has 0 atom stereocenters. The highest BCUT2D eigenvalue weighted by molar-refractivity contribution is 6.34. The number of aromatic nitrogens is 3. The number of amides is 1. The van der Waals surface area contributed by atoms with E-state index < -0.39 is 0 Å². The lowest BCUT2D eigenvalue weighted by molar-refractivity contribution is 0.102. The van der Waals surface area contributed by atoms with Gasteiger partial charge in [-0.05, 0) is 30.3 Å². The summed E-state index contributed by atoms with van der Waals surface area (Å²) < 4.78 is 7.45. The number of carbonyl (C=O) groups is 1. The van der Waals surface area contributed by atoms with Gasteiger partial charge in [-0.3, -0.25) is 14.5 Å². The second kappa shape index (κ2) is 7.99. The van der Waals surface area contributed by atoms with Crippen molar-refractivity contribution in [2.45, 2.75) is 0 Å². The van der Waals surface area contributed by atoms with Gasteiger partial charge in [0.05, 0.1) is 16.3 Å². The molecule has 134 valence electrons. The third-order valence-electron chi connectivity index (χ3n) is 3.73. The van der Waals surface area contributed by atoms with Crippen LogP contribution in [0.5, 0.6) is 5.75 Å². The predicted octanol–water partition coefficient (Wildman–Crippen LogP) is 2.73. The molecule has 0 aliphatic rings. The van der Waals surface area contributed by atoms with Crippen LogP contribution in [0.15, 0.2) is 48.9 Å². The van der Waals surface area contributed by atoms with Gasteiger partial charge < -0.3 is 15.8 Å². The Morgan fingerprint density at radius 3 is 2.85 bits per heavy atom. The van der Waals surface area contributed by atoms with E-state index in [1.165, 1.54) is 12.4 Å². The fourth-order valence-electron chi connectivity index (χ4n) is 2.50. The Labute approximate surface area is 155 Å². The van der Waals surface area contributed by atoms with Crippen LogP contribution in [0.25, 0.3) is 11.3 Å². The first-order chi connectivity index (χ1) is 12.6. The lowest BCUT2D eigenvalue weighted by Crippen LogP contribution is -2.13. The molecule has 0 radical (unpaired) electrons. The zero-order chi connectivity index (χ0) is 18.5. The van der Waals surface area contributed by atoms with Gasteiger partial charge in [-0.2, -0.15) is 5.10 Å². The van der Waals surface area contributed by atoms with Crippen molar-refractivity contribution in [3.63, 3.8) is 0 Å². The maximum Gasteiger partial charge on any atom is 0.257 e. The highest BCUT2D eigenvalue weighted by Gasteiger charge is 2.14. The average Bonchev–Trinajstić information content (AvgIpc) is 3.06. The number of ether oxygens (including phenoxy) is 1. The zero-order valence-corrected chi connectivity index (χ0v) is 14.9. The molecule has 3 N–H and O–H groups in total. The molecule has 0 fully saturated rings. The number of hydrogen-bond donors (Lipinski definition) is 2. The number of aryl methyl sites for hydroxylation is 1. The van der Waals surface area contributed by atoms with Gasteiger partial charge in [0.1, 0.15) is 12.4 Å². The quantitative estimate of drug-likeness (QED) is 0.694. The minimum absolute atomic E-state index is 0.291. The van der Waals surface area contributed by atoms with Gasteiger partial charge in [-0.15, -0.1) is 0 Å². The summed E-state index contributed by atoms with van der Waals surface area (Å²) in [6.45, 7) is 0.799. The van der Waals surface area contributed by atoms with E-state index in [4.69, 9.17) is 22.1 Å². The number of rotatable bonds is 6. The average molecular weight is 372 g/mol. The Morgan fingerprint density at radius 1 is 1.31 bits per heavy atom. The molecular formula is C18H18ClN5O2. The third kappa shape index (κ3) is 3.84. The predicted molar refractivity (Wildman–Crippen MR) is 100 cm³/mol. The van der Waals surface area contributed by atoms with Crippen LogP contribution < -0.4 is 15.8 Å². The minimum atomic E-state index is -0.316. The monoisotopic (exact) mass is 371 g/mol. The van der Waals surface area contributed by atoms with Gasteiger partial charge >= 0.3 is 0 Å². The molecule has 0 aliphatic carbocycles. The second-order valence-corrected chi connectivity index (χ2v) is 5.90. The standard InChI is InChI=1S/C18H18ClN5O2/c1-24-16(5-8-22-24)14-10-12(2-3-17(14)26-9-6-20)23-18(25)13-4-7-21-11-15(13)19/h2-5,7-8,10-11H,6,9,20H2,1H3,(H,23,25). The van der Waals surface area contributed by atoms with Gasteiger partial charge in [0.15, 0.2) is 0 Å². The van der Waals surface area contributed by atoms with Crippen molar-refractivity contribution in [3.05, 3.63) is 59.5 Å². The van der Waals surface area contributed by atoms with E-state index in [0.717, 1.165) is 11.3 Å². The van der Waals surface area contributed by atoms with Gasteiger partial charge in [-0.1, -0.05) is 11.6 Å². The number of halogens is 1. The number of carbonyl (C=O) groups excluding carboxylic acids is 1. The fourth-order valence-corrected chi connectivity index (χ4v) is 2.70. The van der Waals surface area contributed by atoms with E-state index in [-0.39, 0.29) is 5.91 Å². The molecule has 8 heteroatoms. The summed E-state index contributed by atoms with van der Waals surface area (Å²) in [5.41, 5.74) is 8.16. The Kier molecular flexibility index (Phi) is 5.50. The lowest BCUT2D eigenvalue weighted by atomic mass is 10.1. The first-order valence-corrected chi connectivity index (χ1v) is 8.34. The molecule has 3 rings (SSSR count). The summed E-state index contributed by atoms with van der Waals surface area (Å²) in [7, 11) is 1.84. The van der Waals surface area contributed by atoms with Crippen LogP contribution in [-0.2, 0) is 7.05 Å². The normalized spacial score (nSPS) is 10.6. The summed E-state index contributed by atoms with van der Waals surface area (Å²) in [4.78, 5) is 16.4. The molecule has 7 nitrogen and oxygen atoms in total. The largest absolute Gasteiger partial charge is 0.492 e. The number of anilines is 1. The number of nitrogens with one attached hydrogen (secondary N) is 1. The zero-order valence-electron chi connectivity index (χ0n) is 14.1. The molecule has 3 aromatic rings. The van der Waals surface area contributed by atoms with Crippen LogP contribution in [0, 0.1) is 0 Å². The smallest absolute Gasteiger partial charge is 0.257 e. The molecule has 26 heavy (non-hydrogen) atoms. The van der Waals surface area contributed by atoms with Crippen LogP contribution in [-0.4, -0.2) is 33.8 Å². The van der Waals surface area contributed by atoms with E-state index in [0.29, 0.717) is 35.2 Å². The van der Waals surface area contributed by atoms with E-state index in [2.05, 4.69) is 15.4 Å². The van der Waals surface area contributed by atoms with Crippen LogP contribution in [0.2, 0.25) is 5.02 Å². The van der Waals surface area contributed by atoms with Crippen LogP contribution in [0.4, 0.5) is 5.69 Å². The Hall–Kier alpha value is -2.90. The summed E-state index contributed by atoms with van der Waals surface area (Å²) in [5.74, 6) is 0.350. The molecule has 2 aromatic heterocycles. The molecule has 0 spiro atoms. The molecule has 0 saturated heterocycles. The van der Waals surface area contributed by atoms with Crippen molar-refractivity contribution in [2.75, 3.05) is 18.5 Å². The van der Waals surface area contributed by atoms with Gasteiger partial charge in [-0.25, -0.2) is 0 Å². The van der Waals surface area contributed by atoms with Gasteiger partial charge in [0, 0.05) is 43.4 Å². The Bertz CT molecular complexity index is 925. The number of hydrogen-bond acceptors (Lipinski definition) is 5. The number of nitrogens with zero attached hydrogens (tertiary/aromatic N) is 3. The van der Waals surface area contributed by atoms with Crippen LogP contribution >= 0.6 is 11.6 Å². The first-order valence-electron chi connectivity index (χ1n) is 7.96. The third-order valence-corrected chi connectivity index (χ3v) is 4.03. The van der Waals surface area contributed by atoms with Gasteiger partial charge in [0.25, 0.3) is 5.91 Å². The number of pyridine rings is 1. The number of nitrogens with two attached hydrogens (primary N) is 1. The fraction of sp³-hybridized carbons (Fsp3) is 0.167. The summed E-state index contributed by atoms with van der Waals surface area (Å²) in [5, 5.41) is 7.32. The van der Waals surface area contributed by atoms with E-state index in [9.17, 15) is 4.79 Å². The summed E-state index contributed by atoms with van der Waals surface area (Å²) in [6, 6.07) is 8.82. The molecule has 1 aromatic carbocycles. The van der Waals surface area contributed by atoms with Crippen molar-refractivity contribution >= 4 is 23.2 Å². The molecule has 0 unspecified atom stereocenters. The maximum atomic E-state index is 12.5. The van der Waals surface area contributed by atoms with Crippen molar-refractivity contribution in [2.24, 2.45) is 12.8 Å². The van der Waals surface area contributed by atoms with Gasteiger partial charge in [0.2, 0.25) is 0 Å². The minimum Gasteiger partial charge on any atom is -0.492 e. The SMILES string of the molecule is Cn1nccc1-c1cc(NC(=O)c2ccncc2Cl)ccc1OCCN. The number of benzene rings is 1. The molecular weight excluding hydrogens is 354 g/mol. The Balaban J connectivity index is 1.93. The van der Waals surface area contributed by atoms with Crippen molar-refractivity contribution in [1.82, 2.24) is 14.8 Å². The van der Waals surface area contributed by atoms with E-state index >= 15 is 0 Å². The van der Waals surface area contributed by atoms with E-state index in [1.54, 1.807) is 29.1 Å². The highest BCUT2D eigenvalue weighted by Crippen LogP contribution is 2.32.